The molecular weight excluding hydrogens is 234 g/mol. The molecule has 0 amide bonds. The summed E-state index contributed by atoms with van der Waals surface area (Å²) in [5.74, 6) is 0. The molecule has 0 saturated carbocycles. The van der Waals surface area contributed by atoms with Gasteiger partial charge in [0.1, 0.15) is 0 Å². The molecule has 1 nitrogen and oxygen atoms in total. The van der Waals surface area contributed by atoms with E-state index in [-0.39, 0.29) is 17.1 Å². The van der Waals surface area contributed by atoms with Crippen LogP contribution in [0.15, 0.2) is 48.5 Å². The molecule has 0 N–H and O–H groups in total. The van der Waals surface area contributed by atoms with Crippen LogP contribution in [-0.4, -0.2) is 0 Å². The Kier molecular flexibility index (Phi) is 4.12. The zero-order chi connectivity index (χ0) is 9.80. The molecule has 2 aromatic carbocycles. The minimum atomic E-state index is 0. The zero-order valence-corrected chi connectivity index (χ0v) is 8.81. The van der Waals surface area contributed by atoms with Crippen molar-refractivity contribution >= 4 is 0 Å². The SMILES string of the molecule is N#Cc1ccccc1-c1[c-]cccc1.[Cu+]. The summed E-state index contributed by atoms with van der Waals surface area (Å²) in [4.78, 5) is 0. The van der Waals surface area contributed by atoms with E-state index in [1.807, 2.05) is 48.5 Å². The van der Waals surface area contributed by atoms with Gasteiger partial charge in [-0.05, 0) is 0 Å². The monoisotopic (exact) mass is 241 g/mol. The molecule has 0 aromatic heterocycles. The fourth-order valence-electron chi connectivity index (χ4n) is 1.38. The Bertz CT molecular complexity index is 471. The molecule has 0 spiro atoms. The van der Waals surface area contributed by atoms with E-state index in [2.05, 4.69) is 12.1 Å². The first-order chi connectivity index (χ1) is 6.92. The van der Waals surface area contributed by atoms with E-state index in [9.17, 15) is 0 Å². The first-order valence-corrected chi connectivity index (χ1v) is 4.38. The Balaban J connectivity index is 0.00000112. The van der Waals surface area contributed by atoms with Crippen molar-refractivity contribution in [1.82, 2.24) is 0 Å². The van der Waals surface area contributed by atoms with Gasteiger partial charge in [0.15, 0.2) is 0 Å². The Labute approximate surface area is 99.8 Å². The van der Waals surface area contributed by atoms with Crippen LogP contribution in [0.25, 0.3) is 11.1 Å². The van der Waals surface area contributed by atoms with Crippen LogP contribution < -0.4 is 0 Å². The fourth-order valence-corrected chi connectivity index (χ4v) is 1.38. The molecule has 0 radical (unpaired) electrons. The van der Waals surface area contributed by atoms with E-state index < -0.39 is 0 Å². The van der Waals surface area contributed by atoms with E-state index in [0.29, 0.717) is 5.56 Å². The third-order valence-electron chi connectivity index (χ3n) is 2.05. The molecule has 0 bridgehead atoms. The zero-order valence-electron chi connectivity index (χ0n) is 7.87. The average Bonchev–Trinajstić information content (AvgIpc) is 2.30. The number of hydrogen-bond donors (Lipinski definition) is 0. The van der Waals surface area contributed by atoms with Gasteiger partial charge in [-0.1, -0.05) is 29.8 Å². The topological polar surface area (TPSA) is 23.8 Å². The van der Waals surface area contributed by atoms with E-state index in [1.54, 1.807) is 0 Å². The second kappa shape index (κ2) is 5.36. The molecule has 2 heteroatoms. The fraction of sp³-hybridized carbons (Fsp3) is 0. The van der Waals surface area contributed by atoms with Gasteiger partial charge in [0, 0.05) is 5.56 Å². The Hall–Kier alpha value is -1.55. The predicted octanol–water partition coefficient (Wildman–Crippen LogP) is 3.02. The molecule has 0 aliphatic heterocycles. The average molecular weight is 242 g/mol. The van der Waals surface area contributed by atoms with Crippen LogP contribution in [0.4, 0.5) is 0 Å². The number of benzene rings is 2. The molecule has 0 saturated heterocycles. The summed E-state index contributed by atoms with van der Waals surface area (Å²) in [6.07, 6.45) is 0. The number of hydrogen-bond acceptors (Lipinski definition) is 1. The second-order valence-corrected chi connectivity index (χ2v) is 2.93. The van der Waals surface area contributed by atoms with Crippen molar-refractivity contribution in [3.05, 3.63) is 60.2 Å². The van der Waals surface area contributed by atoms with Crippen LogP contribution in [0, 0.1) is 17.4 Å². The van der Waals surface area contributed by atoms with Gasteiger partial charge in [0.2, 0.25) is 0 Å². The molecule has 0 aliphatic rings. The van der Waals surface area contributed by atoms with Crippen molar-refractivity contribution in [1.29, 1.82) is 5.26 Å². The quantitative estimate of drug-likeness (QED) is 0.556. The van der Waals surface area contributed by atoms with Gasteiger partial charge in [-0.15, -0.1) is 35.9 Å². The van der Waals surface area contributed by atoms with Crippen molar-refractivity contribution in [2.45, 2.75) is 0 Å². The summed E-state index contributed by atoms with van der Waals surface area (Å²) < 4.78 is 0. The standard InChI is InChI=1S/C13H8N.Cu/c14-10-12-8-4-5-9-13(12)11-6-2-1-3-7-11;/h1-6,8-9H;/q-1;+1. The van der Waals surface area contributed by atoms with E-state index >= 15 is 0 Å². The number of rotatable bonds is 1. The van der Waals surface area contributed by atoms with Gasteiger partial charge >= 0.3 is 17.1 Å². The van der Waals surface area contributed by atoms with E-state index in [0.717, 1.165) is 11.1 Å². The maximum atomic E-state index is 8.92. The first-order valence-electron chi connectivity index (χ1n) is 4.38. The van der Waals surface area contributed by atoms with Crippen molar-refractivity contribution in [2.24, 2.45) is 0 Å². The molecular formula is C13H8CuN. The number of nitrogens with zero attached hydrogens (tertiary/aromatic N) is 1. The van der Waals surface area contributed by atoms with Crippen LogP contribution in [-0.2, 0) is 17.1 Å². The Morgan fingerprint density at radius 1 is 1.00 bits per heavy atom. The van der Waals surface area contributed by atoms with Crippen molar-refractivity contribution in [2.75, 3.05) is 0 Å². The first kappa shape index (κ1) is 11.5. The minimum absolute atomic E-state index is 0. The summed E-state index contributed by atoms with van der Waals surface area (Å²) in [6, 6.07) is 20.5. The van der Waals surface area contributed by atoms with Crippen molar-refractivity contribution in [3.8, 4) is 17.2 Å². The van der Waals surface area contributed by atoms with Crippen LogP contribution in [0.2, 0.25) is 0 Å². The minimum Gasteiger partial charge on any atom is -0.193 e. The van der Waals surface area contributed by atoms with E-state index in [4.69, 9.17) is 5.26 Å². The largest absolute Gasteiger partial charge is 1.00 e. The molecule has 2 aromatic rings. The second-order valence-electron chi connectivity index (χ2n) is 2.93. The van der Waals surface area contributed by atoms with Gasteiger partial charge in [0.25, 0.3) is 0 Å². The third kappa shape index (κ3) is 2.47. The van der Waals surface area contributed by atoms with Crippen LogP contribution in [0.5, 0.6) is 0 Å². The van der Waals surface area contributed by atoms with Gasteiger partial charge in [-0.2, -0.15) is 5.26 Å². The molecule has 0 aliphatic carbocycles. The van der Waals surface area contributed by atoms with Crippen LogP contribution in [0.1, 0.15) is 5.56 Å². The maximum absolute atomic E-state index is 8.92. The van der Waals surface area contributed by atoms with Crippen molar-refractivity contribution < 1.29 is 17.1 Å². The normalized spacial score (nSPS) is 8.73. The molecule has 0 atom stereocenters. The molecule has 2 rings (SSSR count). The smallest absolute Gasteiger partial charge is 0.193 e. The van der Waals surface area contributed by atoms with Gasteiger partial charge < -0.3 is 0 Å². The van der Waals surface area contributed by atoms with E-state index in [1.165, 1.54) is 0 Å². The molecule has 15 heavy (non-hydrogen) atoms. The molecule has 0 fully saturated rings. The summed E-state index contributed by atoms with van der Waals surface area (Å²) in [5, 5.41) is 8.92. The Morgan fingerprint density at radius 3 is 2.40 bits per heavy atom. The molecule has 0 heterocycles. The summed E-state index contributed by atoms with van der Waals surface area (Å²) in [5.41, 5.74) is 2.59. The number of nitriles is 1. The predicted molar refractivity (Wildman–Crippen MR) is 55.4 cm³/mol. The van der Waals surface area contributed by atoms with Gasteiger partial charge in [-0.3, -0.25) is 0 Å². The summed E-state index contributed by atoms with van der Waals surface area (Å²) in [7, 11) is 0. The third-order valence-corrected chi connectivity index (χ3v) is 2.05. The Morgan fingerprint density at radius 2 is 1.73 bits per heavy atom. The van der Waals surface area contributed by atoms with Gasteiger partial charge in [0.05, 0.1) is 6.07 Å². The molecule has 0 unspecified atom stereocenters. The maximum Gasteiger partial charge on any atom is 1.00 e. The van der Waals surface area contributed by atoms with Crippen LogP contribution >= 0.6 is 0 Å². The van der Waals surface area contributed by atoms with Crippen LogP contribution in [0.3, 0.4) is 0 Å². The van der Waals surface area contributed by atoms with Crippen molar-refractivity contribution in [3.63, 3.8) is 0 Å². The molecule has 76 valence electrons. The summed E-state index contributed by atoms with van der Waals surface area (Å²) in [6.45, 7) is 0. The summed E-state index contributed by atoms with van der Waals surface area (Å²) >= 11 is 0. The van der Waals surface area contributed by atoms with Gasteiger partial charge in [-0.25, -0.2) is 0 Å².